The van der Waals surface area contributed by atoms with Crippen molar-refractivity contribution in [1.82, 2.24) is 25.6 Å². The topological polar surface area (TPSA) is 139 Å². The van der Waals surface area contributed by atoms with Crippen molar-refractivity contribution in [3.63, 3.8) is 0 Å². The second-order valence-corrected chi connectivity index (χ2v) is 9.01. The van der Waals surface area contributed by atoms with Crippen LogP contribution in [-0.4, -0.2) is 64.5 Å². The van der Waals surface area contributed by atoms with Gasteiger partial charge in [-0.3, -0.25) is 0 Å². The number of halogens is 1. The lowest BCUT2D eigenvalue weighted by Crippen LogP contribution is -2.33. The maximum atomic E-state index is 11.6. The van der Waals surface area contributed by atoms with E-state index >= 15 is 0 Å². The average molecular weight is 460 g/mol. The zero-order chi connectivity index (χ0) is 23.5. The van der Waals surface area contributed by atoms with Crippen molar-refractivity contribution in [1.29, 1.82) is 0 Å². The summed E-state index contributed by atoms with van der Waals surface area (Å²) in [6.07, 6.45) is 0.371. The third-order valence-electron chi connectivity index (χ3n) is 3.22. The third-order valence-corrected chi connectivity index (χ3v) is 3.39. The highest BCUT2D eigenvalue weighted by atomic mass is 35.5. The fourth-order valence-electron chi connectivity index (χ4n) is 2.09. The molecule has 0 atom stereocenters. The Hall–Kier alpha value is -2.56. The van der Waals surface area contributed by atoms with E-state index in [1.165, 1.54) is 0 Å². The molecule has 0 aliphatic rings. The summed E-state index contributed by atoms with van der Waals surface area (Å²) in [7, 11) is 0. The van der Waals surface area contributed by atoms with Crippen LogP contribution in [0.3, 0.4) is 0 Å². The van der Waals surface area contributed by atoms with Gasteiger partial charge < -0.3 is 30.7 Å². The Labute approximate surface area is 188 Å². The van der Waals surface area contributed by atoms with Crippen molar-refractivity contribution < 1.29 is 19.1 Å². The molecule has 0 aromatic carbocycles. The van der Waals surface area contributed by atoms with Gasteiger partial charge in [0.2, 0.25) is 17.2 Å². The molecular formula is C19H34ClN7O4. The summed E-state index contributed by atoms with van der Waals surface area (Å²) in [5.41, 5.74) is -1.06. The predicted molar refractivity (Wildman–Crippen MR) is 120 cm³/mol. The molecule has 0 saturated heterocycles. The van der Waals surface area contributed by atoms with Crippen LogP contribution < -0.4 is 21.3 Å². The van der Waals surface area contributed by atoms with Crippen LogP contribution in [0.15, 0.2) is 0 Å². The Balaban J connectivity index is 2.28. The fourth-order valence-corrected chi connectivity index (χ4v) is 2.25. The first-order chi connectivity index (χ1) is 14.3. The minimum atomic E-state index is -0.529. The fraction of sp³-hybridized carbons (Fsp3) is 0.737. The Morgan fingerprint density at radius 2 is 1.13 bits per heavy atom. The van der Waals surface area contributed by atoms with E-state index < -0.39 is 23.4 Å². The van der Waals surface area contributed by atoms with E-state index in [1.807, 2.05) is 41.5 Å². The van der Waals surface area contributed by atoms with Crippen LogP contribution in [0.4, 0.5) is 21.5 Å². The minimum absolute atomic E-state index is 0.0544. The number of hydrogen-bond donors (Lipinski definition) is 4. The lowest BCUT2D eigenvalue weighted by molar-refractivity contribution is 0.0516. The van der Waals surface area contributed by atoms with Crippen molar-refractivity contribution in [3.8, 4) is 0 Å². The monoisotopic (exact) mass is 459 g/mol. The predicted octanol–water partition coefficient (Wildman–Crippen LogP) is 3.18. The van der Waals surface area contributed by atoms with Crippen LogP contribution >= 0.6 is 11.6 Å². The molecule has 0 saturated carbocycles. The van der Waals surface area contributed by atoms with Gasteiger partial charge in [-0.05, 0) is 66.0 Å². The number of anilines is 2. The number of nitrogens with one attached hydrogen (secondary N) is 4. The molecule has 0 radical (unpaired) electrons. The Morgan fingerprint density at radius 3 is 1.48 bits per heavy atom. The van der Waals surface area contributed by atoms with Crippen LogP contribution in [0.5, 0.6) is 0 Å². The number of carbonyl (C=O) groups is 2. The summed E-state index contributed by atoms with van der Waals surface area (Å²) in [6.45, 7) is 12.8. The number of rotatable bonds is 10. The van der Waals surface area contributed by atoms with Gasteiger partial charge in [0, 0.05) is 26.2 Å². The highest BCUT2D eigenvalue weighted by Crippen LogP contribution is 2.10. The van der Waals surface area contributed by atoms with Crippen LogP contribution in [0, 0.1) is 0 Å². The number of nitrogens with zero attached hydrogens (tertiary/aromatic N) is 3. The Morgan fingerprint density at radius 1 is 0.742 bits per heavy atom. The normalized spacial score (nSPS) is 11.5. The van der Waals surface area contributed by atoms with Gasteiger partial charge in [0.15, 0.2) is 0 Å². The van der Waals surface area contributed by atoms with Crippen molar-refractivity contribution in [2.45, 2.75) is 65.6 Å². The molecular weight excluding hydrogens is 426 g/mol. The molecule has 11 nitrogen and oxygen atoms in total. The van der Waals surface area contributed by atoms with E-state index in [4.69, 9.17) is 21.1 Å². The summed E-state index contributed by atoms with van der Waals surface area (Å²) >= 11 is 5.95. The molecule has 0 spiro atoms. The summed E-state index contributed by atoms with van der Waals surface area (Å²) in [5.74, 6) is 0.651. The summed E-state index contributed by atoms with van der Waals surface area (Å²) < 4.78 is 10.3. The smallest absolute Gasteiger partial charge is 0.407 e. The van der Waals surface area contributed by atoms with Crippen LogP contribution in [0.2, 0.25) is 5.28 Å². The minimum Gasteiger partial charge on any atom is -0.444 e. The van der Waals surface area contributed by atoms with E-state index in [1.54, 1.807) is 0 Å². The highest BCUT2D eigenvalue weighted by Gasteiger charge is 2.16. The molecule has 12 heteroatoms. The van der Waals surface area contributed by atoms with Gasteiger partial charge in [0.05, 0.1) is 0 Å². The van der Waals surface area contributed by atoms with Gasteiger partial charge in [0.1, 0.15) is 11.2 Å². The van der Waals surface area contributed by atoms with E-state index in [2.05, 4.69) is 36.2 Å². The van der Waals surface area contributed by atoms with Gasteiger partial charge in [-0.2, -0.15) is 15.0 Å². The summed E-state index contributed by atoms with van der Waals surface area (Å²) in [6, 6.07) is 0. The molecule has 1 rings (SSSR count). The number of alkyl carbamates (subject to hydrolysis) is 2. The van der Waals surface area contributed by atoms with Crippen molar-refractivity contribution in [3.05, 3.63) is 5.28 Å². The maximum Gasteiger partial charge on any atom is 0.407 e. The number of ether oxygens (including phenoxy) is 2. The zero-order valence-electron chi connectivity index (χ0n) is 19.1. The molecule has 2 amide bonds. The van der Waals surface area contributed by atoms with Crippen molar-refractivity contribution in [2.75, 3.05) is 36.8 Å². The largest absolute Gasteiger partial charge is 0.444 e. The second kappa shape index (κ2) is 12.3. The molecule has 1 aromatic heterocycles. The summed E-state index contributed by atoms with van der Waals surface area (Å²) in [5, 5.41) is 11.5. The number of aromatic nitrogens is 3. The molecule has 0 aliphatic carbocycles. The van der Waals surface area contributed by atoms with Gasteiger partial charge in [-0.15, -0.1) is 0 Å². The Bertz CT molecular complexity index is 664. The second-order valence-electron chi connectivity index (χ2n) is 8.67. The van der Waals surface area contributed by atoms with Gasteiger partial charge in [-0.25, -0.2) is 9.59 Å². The first-order valence-electron chi connectivity index (χ1n) is 10.2. The molecule has 176 valence electrons. The van der Waals surface area contributed by atoms with E-state index in [-0.39, 0.29) is 5.28 Å². The molecule has 0 bridgehead atoms. The van der Waals surface area contributed by atoms with Crippen molar-refractivity contribution in [2.24, 2.45) is 0 Å². The average Bonchev–Trinajstić information content (AvgIpc) is 2.57. The standard InChI is InChI=1S/C19H34ClN7O4/c1-18(2,3)30-16(28)23-11-7-9-21-14-25-13(20)26-15(27-14)22-10-8-12-24-17(29)31-19(4,5)6/h7-12H2,1-6H3,(H,23,28)(H,24,29)(H2,21,22,25,26,27). The highest BCUT2D eigenvalue weighted by molar-refractivity contribution is 6.28. The van der Waals surface area contributed by atoms with E-state index in [9.17, 15) is 9.59 Å². The van der Waals surface area contributed by atoms with Crippen LogP contribution in [0.25, 0.3) is 0 Å². The number of amides is 2. The lowest BCUT2D eigenvalue weighted by Gasteiger charge is -2.19. The molecule has 0 unspecified atom stereocenters. The van der Waals surface area contributed by atoms with Gasteiger partial charge in [0.25, 0.3) is 0 Å². The number of hydrogen-bond acceptors (Lipinski definition) is 9. The van der Waals surface area contributed by atoms with Gasteiger partial charge >= 0.3 is 12.2 Å². The lowest BCUT2D eigenvalue weighted by atomic mass is 10.2. The zero-order valence-corrected chi connectivity index (χ0v) is 19.9. The van der Waals surface area contributed by atoms with Crippen LogP contribution in [0.1, 0.15) is 54.4 Å². The molecule has 4 N–H and O–H groups in total. The quantitative estimate of drug-likeness (QED) is 0.388. The number of carbonyl (C=O) groups excluding carboxylic acids is 2. The molecule has 0 fully saturated rings. The molecule has 1 heterocycles. The first kappa shape index (κ1) is 26.5. The SMILES string of the molecule is CC(C)(C)OC(=O)NCCCNc1nc(Cl)nc(NCCCNC(=O)OC(C)(C)C)n1. The molecule has 1 aromatic rings. The van der Waals surface area contributed by atoms with Gasteiger partial charge in [-0.1, -0.05) is 0 Å². The summed E-state index contributed by atoms with van der Waals surface area (Å²) in [4.78, 5) is 35.5. The molecule has 0 aliphatic heterocycles. The van der Waals surface area contributed by atoms with E-state index in [0.29, 0.717) is 50.9 Å². The maximum absolute atomic E-state index is 11.6. The van der Waals surface area contributed by atoms with E-state index in [0.717, 1.165) is 0 Å². The first-order valence-corrected chi connectivity index (χ1v) is 10.5. The van der Waals surface area contributed by atoms with Crippen LogP contribution in [-0.2, 0) is 9.47 Å². The Kier molecular flexibility index (Phi) is 10.5. The van der Waals surface area contributed by atoms with Crippen molar-refractivity contribution >= 4 is 35.7 Å². The third kappa shape index (κ3) is 14.1. The molecule has 31 heavy (non-hydrogen) atoms.